The number of nitro groups is 1. The van der Waals surface area contributed by atoms with E-state index in [0.717, 1.165) is 12.1 Å². The topological polar surface area (TPSA) is 80.4 Å². The number of aliphatic carboxylic acids is 1. The molecule has 0 unspecified atom stereocenters. The Bertz CT molecular complexity index is 482. The van der Waals surface area contributed by atoms with Crippen LogP contribution in [-0.2, 0) is 4.79 Å². The first-order valence-electron chi connectivity index (χ1n) is 4.27. The van der Waals surface area contributed by atoms with Gasteiger partial charge in [-0.3, -0.25) is 10.1 Å². The smallest absolute Gasteiger partial charge is 0.331 e. The van der Waals surface area contributed by atoms with Gasteiger partial charge < -0.3 is 5.11 Å². The molecule has 1 aromatic carbocycles. The Morgan fingerprint density at radius 3 is 2.69 bits per heavy atom. The predicted molar refractivity (Wildman–Crippen MR) is 54.3 cm³/mol. The number of hydrogen-bond acceptors (Lipinski definition) is 3. The number of carboxylic acid groups (broad SMARTS) is 1. The molecule has 0 bridgehead atoms. The molecule has 1 rings (SSSR count). The maximum atomic E-state index is 12.9. The number of halogens is 1. The highest BCUT2D eigenvalue weighted by Gasteiger charge is 2.13. The van der Waals surface area contributed by atoms with Gasteiger partial charge in [-0.1, -0.05) is 6.07 Å². The van der Waals surface area contributed by atoms with Crippen LogP contribution < -0.4 is 0 Å². The molecule has 0 saturated carbocycles. The number of hydrogen-bond donors (Lipinski definition) is 1. The molecule has 0 radical (unpaired) electrons. The summed E-state index contributed by atoms with van der Waals surface area (Å²) in [7, 11) is 0. The summed E-state index contributed by atoms with van der Waals surface area (Å²) >= 11 is 0. The zero-order valence-electron chi connectivity index (χ0n) is 8.31. The number of carboxylic acids is 1. The van der Waals surface area contributed by atoms with Crippen molar-refractivity contribution in [2.45, 2.75) is 6.92 Å². The van der Waals surface area contributed by atoms with Crippen LogP contribution in [-0.4, -0.2) is 16.0 Å². The van der Waals surface area contributed by atoms with Crippen molar-refractivity contribution in [3.8, 4) is 0 Å². The zero-order valence-corrected chi connectivity index (χ0v) is 8.31. The maximum Gasteiger partial charge on any atom is 0.331 e. The van der Waals surface area contributed by atoms with Gasteiger partial charge in [0.05, 0.1) is 4.92 Å². The average molecular weight is 225 g/mol. The molecule has 0 spiro atoms. The number of benzene rings is 1. The van der Waals surface area contributed by atoms with Gasteiger partial charge in [-0.15, -0.1) is 0 Å². The van der Waals surface area contributed by atoms with Crippen LogP contribution in [0.5, 0.6) is 0 Å². The predicted octanol–water partition coefficient (Wildman–Crippen LogP) is 2.22. The van der Waals surface area contributed by atoms with Crippen LogP contribution in [0.25, 0.3) is 6.08 Å². The average Bonchev–Trinajstić information content (AvgIpc) is 2.20. The van der Waals surface area contributed by atoms with Gasteiger partial charge in [0.2, 0.25) is 5.82 Å². The first-order valence-corrected chi connectivity index (χ1v) is 4.27. The summed E-state index contributed by atoms with van der Waals surface area (Å²) < 4.78 is 12.9. The van der Waals surface area contributed by atoms with Crippen molar-refractivity contribution in [1.82, 2.24) is 0 Å². The zero-order chi connectivity index (χ0) is 12.3. The lowest BCUT2D eigenvalue weighted by Gasteiger charge is -1.97. The van der Waals surface area contributed by atoms with E-state index in [9.17, 15) is 19.3 Å². The van der Waals surface area contributed by atoms with Crippen LogP contribution in [0, 0.1) is 15.9 Å². The minimum absolute atomic E-state index is 0.0147. The van der Waals surface area contributed by atoms with Crippen molar-refractivity contribution in [3.05, 3.63) is 45.3 Å². The van der Waals surface area contributed by atoms with Crippen LogP contribution in [0.4, 0.5) is 10.1 Å². The first kappa shape index (κ1) is 11.8. The highest BCUT2D eigenvalue weighted by Crippen LogP contribution is 2.20. The van der Waals surface area contributed by atoms with E-state index >= 15 is 0 Å². The minimum Gasteiger partial charge on any atom is -0.478 e. The largest absolute Gasteiger partial charge is 0.478 e. The number of carbonyl (C=O) groups is 1. The van der Waals surface area contributed by atoms with E-state index in [1.165, 1.54) is 19.1 Å². The van der Waals surface area contributed by atoms with Crippen LogP contribution in [0.15, 0.2) is 23.8 Å². The van der Waals surface area contributed by atoms with Crippen molar-refractivity contribution in [2.24, 2.45) is 0 Å². The van der Waals surface area contributed by atoms with E-state index in [0.29, 0.717) is 0 Å². The van der Waals surface area contributed by atoms with Crippen LogP contribution >= 0.6 is 0 Å². The van der Waals surface area contributed by atoms with Gasteiger partial charge in [-0.25, -0.2) is 4.79 Å². The number of nitrogens with zero attached hydrogens (tertiary/aromatic N) is 1. The molecule has 6 heteroatoms. The number of rotatable bonds is 3. The first-order chi connectivity index (χ1) is 7.41. The Morgan fingerprint density at radius 2 is 2.19 bits per heavy atom. The molecule has 5 nitrogen and oxygen atoms in total. The summed E-state index contributed by atoms with van der Waals surface area (Å²) in [5.41, 5.74) is -0.388. The van der Waals surface area contributed by atoms with Gasteiger partial charge in [0.15, 0.2) is 0 Å². The molecular weight excluding hydrogens is 217 g/mol. The standard InChI is InChI=1S/C10H8FNO4/c1-6(10(13)14)4-7-2-3-8(11)9(5-7)12(15)16/h2-5H,1H3,(H,13,14)/b6-4+. The van der Waals surface area contributed by atoms with Crippen molar-refractivity contribution >= 4 is 17.7 Å². The Labute approximate surface area is 90.0 Å². The fraction of sp³-hybridized carbons (Fsp3) is 0.100. The fourth-order valence-electron chi connectivity index (χ4n) is 1.07. The SMILES string of the molecule is C/C(=C\c1ccc(F)c([N+](=O)[O-])c1)C(=O)O. The van der Waals surface area contributed by atoms with E-state index < -0.39 is 22.4 Å². The summed E-state index contributed by atoms with van der Waals surface area (Å²) in [6.07, 6.45) is 1.23. The van der Waals surface area contributed by atoms with E-state index in [1.807, 2.05) is 0 Å². The lowest BCUT2D eigenvalue weighted by atomic mass is 10.1. The van der Waals surface area contributed by atoms with Crippen molar-refractivity contribution in [2.75, 3.05) is 0 Å². The molecule has 0 fully saturated rings. The van der Waals surface area contributed by atoms with Crippen molar-refractivity contribution in [3.63, 3.8) is 0 Å². The van der Waals surface area contributed by atoms with Gasteiger partial charge in [0.25, 0.3) is 0 Å². The highest BCUT2D eigenvalue weighted by atomic mass is 19.1. The van der Waals surface area contributed by atoms with Gasteiger partial charge >= 0.3 is 11.7 Å². The van der Waals surface area contributed by atoms with Gasteiger partial charge in [-0.2, -0.15) is 4.39 Å². The van der Waals surface area contributed by atoms with Gasteiger partial charge in [-0.05, 0) is 24.6 Å². The molecule has 0 saturated heterocycles. The Morgan fingerprint density at radius 1 is 1.56 bits per heavy atom. The van der Waals surface area contributed by atoms with E-state index in [-0.39, 0.29) is 11.1 Å². The van der Waals surface area contributed by atoms with Crippen LogP contribution in [0.1, 0.15) is 12.5 Å². The third kappa shape index (κ3) is 2.63. The van der Waals surface area contributed by atoms with Crippen molar-refractivity contribution in [1.29, 1.82) is 0 Å². The molecule has 84 valence electrons. The Hall–Kier alpha value is -2.24. The summed E-state index contributed by atoms with van der Waals surface area (Å²) in [6.45, 7) is 1.34. The van der Waals surface area contributed by atoms with E-state index in [2.05, 4.69) is 0 Å². The quantitative estimate of drug-likeness (QED) is 0.485. The summed E-state index contributed by atoms with van der Waals surface area (Å²) in [5.74, 6) is -2.08. The number of nitro benzene ring substituents is 1. The Kier molecular flexibility index (Phi) is 3.34. The van der Waals surface area contributed by atoms with Gasteiger partial charge in [0.1, 0.15) is 0 Å². The van der Waals surface area contributed by atoms with Crippen LogP contribution in [0.2, 0.25) is 0 Å². The molecule has 0 aliphatic carbocycles. The molecule has 16 heavy (non-hydrogen) atoms. The molecule has 1 aromatic rings. The highest BCUT2D eigenvalue weighted by molar-refractivity contribution is 5.91. The molecule has 0 atom stereocenters. The molecular formula is C10H8FNO4. The Balaban J connectivity index is 3.18. The molecule has 0 aromatic heterocycles. The lowest BCUT2D eigenvalue weighted by Crippen LogP contribution is -1.96. The second-order valence-corrected chi connectivity index (χ2v) is 3.10. The molecule has 0 aliphatic rings. The summed E-state index contributed by atoms with van der Waals surface area (Å²) in [6, 6.07) is 3.19. The second kappa shape index (κ2) is 4.52. The normalized spacial score (nSPS) is 11.2. The molecule has 1 N–H and O–H groups in total. The molecule has 0 amide bonds. The summed E-state index contributed by atoms with van der Waals surface area (Å²) in [5, 5.41) is 19.0. The van der Waals surface area contributed by atoms with Crippen molar-refractivity contribution < 1.29 is 19.2 Å². The van der Waals surface area contributed by atoms with E-state index in [4.69, 9.17) is 5.11 Å². The van der Waals surface area contributed by atoms with Gasteiger partial charge in [0, 0.05) is 11.6 Å². The monoisotopic (exact) mass is 225 g/mol. The third-order valence-corrected chi connectivity index (χ3v) is 1.89. The minimum atomic E-state index is -1.13. The lowest BCUT2D eigenvalue weighted by molar-refractivity contribution is -0.387. The van der Waals surface area contributed by atoms with Crippen LogP contribution in [0.3, 0.4) is 0 Å². The van der Waals surface area contributed by atoms with E-state index in [1.54, 1.807) is 0 Å². The maximum absolute atomic E-state index is 12.9. The second-order valence-electron chi connectivity index (χ2n) is 3.10. The molecule has 0 heterocycles. The fourth-order valence-corrected chi connectivity index (χ4v) is 1.07. The molecule has 0 aliphatic heterocycles. The third-order valence-electron chi connectivity index (χ3n) is 1.89. The summed E-state index contributed by atoms with van der Waals surface area (Å²) in [4.78, 5) is 20.1.